The van der Waals surface area contributed by atoms with Crippen molar-refractivity contribution in [3.05, 3.63) is 29.2 Å². The fourth-order valence-electron chi connectivity index (χ4n) is 3.03. The quantitative estimate of drug-likeness (QED) is 0.900. The molecule has 1 atom stereocenters. The van der Waals surface area contributed by atoms with Crippen molar-refractivity contribution in [2.24, 2.45) is 0 Å². The van der Waals surface area contributed by atoms with E-state index in [4.69, 9.17) is 0 Å². The van der Waals surface area contributed by atoms with Crippen molar-refractivity contribution >= 4 is 21.4 Å². The molecule has 1 aliphatic rings. The molecule has 2 aromatic heterocycles. The molecule has 1 amide bonds. The normalized spacial score (nSPS) is 17.9. The smallest absolute Gasteiger partial charge is 0.270 e. The first-order chi connectivity index (χ1) is 10.6. The molecule has 0 spiro atoms. The molecule has 1 fully saturated rings. The van der Waals surface area contributed by atoms with E-state index in [9.17, 15) is 13.2 Å². The Morgan fingerprint density at radius 3 is 2.52 bits per heavy atom. The van der Waals surface area contributed by atoms with Crippen molar-refractivity contribution in [1.82, 2.24) is 19.9 Å². The van der Waals surface area contributed by atoms with Crippen LogP contribution in [0.4, 0.5) is 0 Å². The van der Waals surface area contributed by atoms with Crippen LogP contribution in [-0.4, -0.2) is 46.0 Å². The Labute approximate surface area is 135 Å². The Bertz CT molecular complexity index is 897. The molecule has 0 aliphatic heterocycles. The second-order valence-corrected chi connectivity index (χ2v) is 8.73. The van der Waals surface area contributed by atoms with E-state index in [-0.39, 0.29) is 5.91 Å². The topological polar surface area (TPSA) is 93.4 Å². The average molecular weight is 336 g/mol. The molecule has 2 heterocycles. The molecular formula is C15H20N4O3S. The summed E-state index contributed by atoms with van der Waals surface area (Å²) in [5, 5.41) is 7.11. The van der Waals surface area contributed by atoms with E-state index in [1.165, 1.54) is 10.8 Å². The van der Waals surface area contributed by atoms with Crippen LogP contribution in [0, 0.1) is 13.8 Å². The van der Waals surface area contributed by atoms with Crippen LogP contribution < -0.4 is 5.32 Å². The molecule has 0 radical (unpaired) electrons. The highest BCUT2D eigenvalue weighted by Crippen LogP contribution is 2.46. The SMILES string of the molecule is Cc1cc(C(=O)N[C@@H](C)C2(S(C)(=O)=O)CC2)n2nc(C)cc2n1. The number of nitrogens with one attached hydrogen (secondary N) is 1. The summed E-state index contributed by atoms with van der Waals surface area (Å²) in [4.78, 5) is 17.0. The molecule has 2 aromatic rings. The van der Waals surface area contributed by atoms with Crippen molar-refractivity contribution in [3.63, 3.8) is 0 Å². The Morgan fingerprint density at radius 1 is 1.30 bits per heavy atom. The van der Waals surface area contributed by atoms with Crippen molar-refractivity contribution in [1.29, 1.82) is 0 Å². The van der Waals surface area contributed by atoms with Gasteiger partial charge in [-0.15, -0.1) is 0 Å². The minimum atomic E-state index is -3.21. The Hall–Kier alpha value is -1.96. The number of carbonyl (C=O) groups is 1. The van der Waals surface area contributed by atoms with Crippen LogP contribution in [0.25, 0.3) is 5.65 Å². The molecule has 3 rings (SSSR count). The average Bonchev–Trinajstić information content (AvgIpc) is 3.16. The van der Waals surface area contributed by atoms with Crippen LogP contribution in [0.3, 0.4) is 0 Å². The van der Waals surface area contributed by atoms with Gasteiger partial charge in [-0.2, -0.15) is 5.10 Å². The zero-order chi connectivity index (χ0) is 17.0. The summed E-state index contributed by atoms with van der Waals surface area (Å²) in [6.45, 7) is 5.38. The third kappa shape index (κ3) is 2.60. The number of rotatable bonds is 4. The minimum absolute atomic E-state index is 0.342. The van der Waals surface area contributed by atoms with E-state index < -0.39 is 20.6 Å². The summed E-state index contributed by atoms with van der Waals surface area (Å²) < 4.78 is 24.6. The largest absolute Gasteiger partial charge is 0.347 e. The lowest BCUT2D eigenvalue weighted by molar-refractivity contribution is 0.0930. The van der Waals surface area contributed by atoms with Crippen LogP contribution in [0.2, 0.25) is 0 Å². The van der Waals surface area contributed by atoms with E-state index in [1.807, 2.05) is 6.92 Å². The second kappa shape index (κ2) is 5.02. The lowest BCUT2D eigenvalue weighted by Crippen LogP contribution is -2.46. The van der Waals surface area contributed by atoms with Crippen LogP contribution in [0.1, 0.15) is 41.6 Å². The number of sulfone groups is 1. The number of hydrogen-bond donors (Lipinski definition) is 1. The van der Waals surface area contributed by atoms with Gasteiger partial charge >= 0.3 is 0 Å². The van der Waals surface area contributed by atoms with E-state index in [2.05, 4.69) is 15.4 Å². The molecule has 7 nitrogen and oxygen atoms in total. The maximum atomic E-state index is 12.6. The van der Waals surface area contributed by atoms with Crippen LogP contribution in [0.5, 0.6) is 0 Å². The van der Waals surface area contributed by atoms with Gasteiger partial charge in [-0.25, -0.2) is 17.9 Å². The third-order valence-corrected chi connectivity index (χ3v) is 6.77. The first-order valence-electron chi connectivity index (χ1n) is 7.48. The molecular weight excluding hydrogens is 316 g/mol. The number of fused-ring (bicyclic) bond motifs is 1. The first kappa shape index (κ1) is 15.9. The van der Waals surface area contributed by atoms with Crippen LogP contribution in [0.15, 0.2) is 12.1 Å². The van der Waals surface area contributed by atoms with Crippen molar-refractivity contribution < 1.29 is 13.2 Å². The minimum Gasteiger partial charge on any atom is -0.347 e. The van der Waals surface area contributed by atoms with E-state index >= 15 is 0 Å². The zero-order valence-electron chi connectivity index (χ0n) is 13.6. The second-order valence-electron chi connectivity index (χ2n) is 6.37. The fraction of sp³-hybridized carbons (Fsp3) is 0.533. The molecule has 0 unspecified atom stereocenters. The van der Waals surface area contributed by atoms with Crippen molar-refractivity contribution in [3.8, 4) is 0 Å². The molecule has 0 aromatic carbocycles. The summed E-state index contributed by atoms with van der Waals surface area (Å²) in [7, 11) is -3.21. The number of aryl methyl sites for hydroxylation is 2. The fourth-order valence-corrected chi connectivity index (χ4v) is 4.57. The van der Waals surface area contributed by atoms with E-state index in [1.54, 1.807) is 26.0 Å². The molecule has 23 heavy (non-hydrogen) atoms. The van der Waals surface area contributed by atoms with Gasteiger partial charge in [0.1, 0.15) is 5.69 Å². The van der Waals surface area contributed by atoms with Crippen LogP contribution in [-0.2, 0) is 9.84 Å². The molecule has 1 saturated carbocycles. The summed E-state index contributed by atoms with van der Waals surface area (Å²) in [5.74, 6) is -0.342. The van der Waals surface area contributed by atoms with Gasteiger partial charge in [0.15, 0.2) is 15.5 Å². The van der Waals surface area contributed by atoms with Gasteiger partial charge < -0.3 is 5.32 Å². The molecule has 1 aliphatic carbocycles. The summed E-state index contributed by atoms with van der Waals surface area (Å²) in [5.41, 5.74) is 2.43. The lowest BCUT2D eigenvalue weighted by Gasteiger charge is -2.23. The Kier molecular flexibility index (Phi) is 3.47. The summed E-state index contributed by atoms with van der Waals surface area (Å²) >= 11 is 0. The van der Waals surface area contributed by atoms with Gasteiger partial charge in [-0.3, -0.25) is 4.79 Å². The number of carbonyl (C=O) groups excluding carboxylic acids is 1. The molecule has 0 saturated heterocycles. The summed E-state index contributed by atoms with van der Waals surface area (Å²) in [6.07, 6.45) is 2.40. The van der Waals surface area contributed by atoms with Crippen molar-refractivity contribution in [2.75, 3.05) is 6.26 Å². The van der Waals surface area contributed by atoms with E-state index in [0.29, 0.717) is 29.9 Å². The predicted octanol–water partition coefficient (Wildman–Crippen LogP) is 1.04. The zero-order valence-corrected chi connectivity index (χ0v) is 14.4. The highest BCUT2D eigenvalue weighted by molar-refractivity contribution is 7.92. The number of aromatic nitrogens is 3. The summed E-state index contributed by atoms with van der Waals surface area (Å²) in [6, 6.07) is 3.00. The highest BCUT2D eigenvalue weighted by atomic mass is 32.2. The van der Waals surface area contributed by atoms with Gasteiger partial charge in [0.2, 0.25) is 0 Å². The molecule has 8 heteroatoms. The highest BCUT2D eigenvalue weighted by Gasteiger charge is 2.56. The first-order valence-corrected chi connectivity index (χ1v) is 9.38. The third-order valence-electron chi connectivity index (χ3n) is 4.53. The maximum Gasteiger partial charge on any atom is 0.270 e. The van der Waals surface area contributed by atoms with Gasteiger partial charge in [0.05, 0.1) is 10.4 Å². The monoisotopic (exact) mass is 336 g/mol. The number of amides is 1. The van der Waals surface area contributed by atoms with E-state index in [0.717, 1.165) is 5.69 Å². The number of hydrogen-bond acceptors (Lipinski definition) is 5. The maximum absolute atomic E-state index is 12.6. The Morgan fingerprint density at radius 2 is 1.96 bits per heavy atom. The molecule has 1 N–H and O–H groups in total. The Balaban J connectivity index is 1.93. The van der Waals surface area contributed by atoms with Gasteiger partial charge in [0.25, 0.3) is 5.91 Å². The van der Waals surface area contributed by atoms with Crippen molar-refractivity contribution in [2.45, 2.75) is 44.4 Å². The van der Waals surface area contributed by atoms with Crippen LogP contribution >= 0.6 is 0 Å². The number of nitrogens with zero attached hydrogens (tertiary/aromatic N) is 3. The predicted molar refractivity (Wildman–Crippen MR) is 86.2 cm³/mol. The molecule has 124 valence electrons. The lowest BCUT2D eigenvalue weighted by atomic mass is 10.2. The standard InChI is InChI=1S/C15H20N4O3S/c1-9-7-12(19-13(16-9)8-10(2)18-19)14(20)17-11(3)15(5-6-15)23(4,21)22/h7-8,11H,5-6H2,1-4H3,(H,17,20)/t11-/m0/s1. The molecule has 0 bridgehead atoms. The van der Waals surface area contributed by atoms with Gasteiger partial charge in [0, 0.05) is 24.1 Å². The van der Waals surface area contributed by atoms with Gasteiger partial charge in [-0.05, 0) is 39.7 Å². The van der Waals surface area contributed by atoms with Gasteiger partial charge in [-0.1, -0.05) is 0 Å².